The molecule has 3 nitrogen and oxygen atoms in total. The van der Waals surface area contributed by atoms with Crippen LogP contribution in [-0.2, 0) is 11.3 Å². The summed E-state index contributed by atoms with van der Waals surface area (Å²) in [6, 6.07) is 1.80. The molecule has 0 aliphatic carbocycles. The smallest absolute Gasteiger partial charge is 0.233 e. The van der Waals surface area contributed by atoms with Crippen molar-refractivity contribution in [1.29, 1.82) is 0 Å². The highest BCUT2D eigenvalue weighted by Gasteiger charge is 2.10. The minimum Gasteiger partial charge on any atom is -0.355 e. The lowest BCUT2D eigenvalue weighted by atomic mass is 10.2. The molecule has 100 valence electrons. The molecule has 6 heteroatoms. The van der Waals surface area contributed by atoms with E-state index in [1.165, 1.54) is 0 Å². The van der Waals surface area contributed by atoms with Gasteiger partial charge in [0.05, 0.1) is 6.54 Å². The van der Waals surface area contributed by atoms with Crippen LogP contribution >= 0.6 is 0 Å². The third-order valence-corrected chi connectivity index (χ3v) is 2.23. The first kappa shape index (κ1) is 14.5. The van der Waals surface area contributed by atoms with E-state index < -0.39 is 17.5 Å². The van der Waals surface area contributed by atoms with Crippen LogP contribution in [0.15, 0.2) is 12.1 Å². The maximum atomic E-state index is 12.9. The van der Waals surface area contributed by atoms with Crippen LogP contribution in [0.2, 0.25) is 0 Å². The van der Waals surface area contributed by atoms with Crippen molar-refractivity contribution >= 4 is 5.91 Å². The highest BCUT2D eigenvalue weighted by molar-refractivity contribution is 5.77. The predicted octanol–water partition coefficient (Wildman–Crippen LogP) is 1.72. The van der Waals surface area contributed by atoms with Gasteiger partial charge in [0.1, 0.15) is 0 Å². The van der Waals surface area contributed by atoms with E-state index in [-0.39, 0.29) is 24.6 Å². The van der Waals surface area contributed by atoms with Gasteiger partial charge in [0.25, 0.3) is 0 Å². The van der Waals surface area contributed by atoms with Crippen molar-refractivity contribution < 1.29 is 18.0 Å². The summed E-state index contributed by atoms with van der Waals surface area (Å²) in [5, 5.41) is 5.36. The van der Waals surface area contributed by atoms with Crippen LogP contribution in [0.1, 0.15) is 18.9 Å². The number of halogens is 3. The van der Waals surface area contributed by atoms with E-state index in [4.69, 9.17) is 0 Å². The zero-order valence-electron chi connectivity index (χ0n) is 10.0. The number of rotatable bonds is 6. The zero-order chi connectivity index (χ0) is 13.5. The van der Waals surface area contributed by atoms with Crippen LogP contribution in [-0.4, -0.2) is 19.0 Å². The minimum atomic E-state index is -1.49. The molecule has 2 N–H and O–H groups in total. The first-order valence-corrected chi connectivity index (χ1v) is 5.65. The molecule has 0 spiro atoms. The molecule has 0 aliphatic heterocycles. The lowest BCUT2D eigenvalue weighted by molar-refractivity contribution is -0.120. The van der Waals surface area contributed by atoms with Crippen LogP contribution in [0.25, 0.3) is 0 Å². The Bertz CT molecular complexity index is 401. The van der Waals surface area contributed by atoms with E-state index in [9.17, 15) is 18.0 Å². The number of hydrogen-bond acceptors (Lipinski definition) is 2. The molecule has 0 saturated heterocycles. The number of benzene rings is 1. The van der Waals surface area contributed by atoms with Gasteiger partial charge in [0, 0.05) is 13.1 Å². The van der Waals surface area contributed by atoms with Crippen molar-refractivity contribution in [2.24, 2.45) is 0 Å². The van der Waals surface area contributed by atoms with Crippen molar-refractivity contribution in [3.8, 4) is 0 Å². The minimum absolute atomic E-state index is 0.0423. The van der Waals surface area contributed by atoms with E-state index in [1.807, 2.05) is 6.92 Å². The van der Waals surface area contributed by atoms with Gasteiger partial charge >= 0.3 is 0 Å². The standard InChI is InChI=1S/C12H15F3N2O/c1-2-3-17-11(18)7-16-6-8-4-9(13)12(15)10(14)5-8/h4-5,16H,2-3,6-7H2,1H3,(H,17,18). The van der Waals surface area contributed by atoms with Crippen molar-refractivity contribution in [1.82, 2.24) is 10.6 Å². The molecule has 1 rings (SSSR count). The van der Waals surface area contributed by atoms with Crippen molar-refractivity contribution in [2.45, 2.75) is 19.9 Å². The van der Waals surface area contributed by atoms with E-state index in [0.29, 0.717) is 6.54 Å². The maximum absolute atomic E-state index is 12.9. The van der Waals surface area contributed by atoms with Crippen LogP contribution in [0.4, 0.5) is 13.2 Å². The molecule has 0 heterocycles. The number of carbonyl (C=O) groups excluding carboxylic acids is 1. The molecule has 0 unspecified atom stereocenters. The Morgan fingerprint density at radius 3 is 2.39 bits per heavy atom. The van der Waals surface area contributed by atoms with Gasteiger partial charge in [-0.3, -0.25) is 4.79 Å². The summed E-state index contributed by atoms with van der Waals surface area (Å²) in [7, 11) is 0. The Labute approximate surface area is 103 Å². The highest BCUT2D eigenvalue weighted by atomic mass is 19.2. The first-order valence-electron chi connectivity index (χ1n) is 5.65. The topological polar surface area (TPSA) is 41.1 Å². The number of carbonyl (C=O) groups is 1. The second-order valence-electron chi connectivity index (χ2n) is 3.83. The summed E-state index contributed by atoms with van der Waals surface area (Å²) in [6.45, 7) is 2.65. The average molecular weight is 260 g/mol. The molecule has 0 bridgehead atoms. The maximum Gasteiger partial charge on any atom is 0.233 e. The lowest BCUT2D eigenvalue weighted by Crippen LogP contribution is -2.33. The van der Waals surface area contributed by atoms with Gasteiger partial charge in [-0.2, -0.15) is 0 Å². The molecule has 18 heavy (non-hydrogen) atoms. The van der Waals surface area contributed by atoms with Crippen LogP contribution < -0.4 is 10.6 Å². The molecule has 0 aliphatic rings. The molecule has 0 radical (unpaired) electrons. The Hall–Kier alpha value is -1.56. The quantitative estimate of drug-likeness (QED) is 0.765. The van der Waals surface area contributed by atoms with E-state index >= 15 is 0 Å². The third kappa shape index (κ3) is 4.37. The molecule has 0 fully saturated rings. The van der Waals surface area contributed by atoms with E-state index in [0.717, 1.165) is 18.6 Å². The van der Waals surface area contributed by atoms with Gasteiger partial charge in [0.2, 0.25) is 5.91 Å². The number of nitrogens with one attached hydrogen (secondary N) is 2. The predicted molar refractivity (Wildman–Crippen MR) is 61.3 cm³/mol. The molecule has 0 saturated carbocycles. The Balaban J connectivity index is 2.42. The molecular formula is C12H15F3N2O. The van der Waals surface area contributed by atoms with Crippen molar-refractivity contribution in [2.75, 3.05) is 13.1 Å². The van der Waals surface area contributed by atoms with Gasteiger partial charge in [-0.05, 0) is 24.1 Å². The summed E-state index contributed by atoms with van der Waals surface area (Å²) in [4.78, 5) is 11.2. The molecule has 1 aromatic carbocycles. The molecule has 1 amide bonds. The van der Waals surface area contributed by atoms with Gasteiger partial charge in [-0.1, -0.05) is 6.92 Å². The zero-order valence-corrected chi connectivity index (χ0v) is 10.0. The fraction of sp³-hybridized carbons (Fsp3) is 0.417. The van der Waals surface area contributed by atoms with Crippen LogP contribution in [0, 0.1) is 17.5 Å². The fourth-order valence-corrected chi connectivity index (χ4v) is 1.36. The summed E-state index contributed by atoms with van der Waals surface area (Å²) >= 11 is 0. The summed E-state index contributed by atoms with van der Waals surface area (Å²) in [5.41, 5.74) is 0.245. The van der Waals surface area contributed by atoms with Crippen molar-refractivity contribution in [3.05, 3.63) is 35.1 Å². The lowest BCUT2D eigenvalue weighted by Gasteiger charge is -2.06. The second kappa shape index (κ2) is 7.00. The Morgan fingerprint density at radius 2 is 1.83 bits per heavy atom. The molecule has 0 aromatic heterocycles. The summed E-state index contributed by atoms with van der Waals surface area (Å²) in [5.74, 6) is -4.15. The Kier molecular flexibility index (Phi) is 5.64. The molecular weight excluding hydrogens is 245 g/mol. The van der Waals surface area contributed by atoms with Gasteiger partial charge in [-0.25, -0.2) is 13.2 Å². The monoisotopic (exact) mass is 260 g/mol. The normalized spacial score (nSPS) is 10.4. The fourth-order valence-electron chi connectivity index (χ4n) is 1.36. The highest BCUT2D eigenvalue weighted by Crippen LogP contribution is 2.13. The Morgan fingerprint density at radius 1 is 1.22 bits per heavy atom. The van der Waals surface area contributed by atoms with E-state index in [1.54, 1.807) is 0 Å². The SMILES string of the molecule is CCCNC(=O)CNCc1cc(F)c(F)c(F)c1. The van der Waals surface area contributed by atoms with Crippen molar-refractivity contribution in [3.63, 3.8) is 0 Å². The van der Waals surface area contributed by atoms with Gasteiger partial charge in [0.15, 0.2) is 17.5 Å². The van der Waals surface area contributed by atoms with Crippen LogP contribution in [0.5, 0.6) is 0 Å². The second-order valence-corrected chi connectivity index (χ2v) is 3.83. The molecule has 1 aromatic rings. The summed E-state index contributed by atoms with van der Waals surface area (Å²) in [6.07, 6.45) is 0.833. The number of hydrogen-bond donors (Lipinski definition) is 2. The third-order valence-electron chi connectivity index (χ3n) is 2.23. The summed E-state index contributed by atoms with van der Waals surface area (Å²) < 4.78 is 38.4. The largest absolute Gasteiger partial charge is 0.355 e. The van der Waals surface area contributed by atoms with Crippen LogP contribution in [0.3, 0.4) is 0 Å². The van der Waals surface area contributed by atoms with Gasteiger partial charge in [-0.15, -0.1) is 0 Å². The average Bonchev–Trinajstić information content (AvgIpc) is 2.33. The van der Waals surface area contributed by atoms with E-state index in [2.05, 4.69) is 10.6 Å². The number of amides is 1. The first-order chi connectivity index (χ1) is 8.54. The van der Waals surface area contributed by atoms with Gasteiger partial charge < -0.3 is 10.6 Å². The molecule has 0 atom stereocenters.